The number of sulfonamides is 1. The molecule has 3 rings (SSSR count). The Balaban J connectivity index is 1.87. The third-order valence-corrected chi connectivity index (χ3v) is 4.80. The number of nitrogens with zero attached hydrogens (tertiary/aromatic N) is 2. The van der Waals surface area contributed by atoms with Gasteiger partial charge in [-0.2, -0.15) is 13.2 Å². The number of halogens is 3. The van der Waals surface area contributed by atoms with Crippen LogP contribution < -0.4 is 4.72 Å². The molecule has 12 heteroatoms. The number of aromatic nitrogens is 2. The van der Waals surface area contributed by atoms with Crippen LogP contribution in [-0.2, 0) is 22.0 Å². The average Bonchev–Trinajstić information content (AvgIpc) is 2.98. The van der Waals surface area contributed by atoms with Crippen LogP contribution in [0.1, 0.15) is 11.4 Å². The number of para-hydroxylation sites is 1. The highest BCUT2D eigenvalue weighted by Gasteiger charge is 2.34. The number of aromatic amines is 1. The largest absolute Gasteiger partial charge is 0.449 e. The molecule has 0 radical (unpaired) electrons. The predicted molar refractivity (Wildman–Crippen MR) is 90.4 cm³/mol. The van der Waals surface area contributed by atoms with Gasteiger partial charge in [0.15, 0.2) is 0 Å². The maximum atomic E-state index is 12.7. The highest BCUT2D eigenvalue weighted by atomic mass is 32.2. The van der Waals surface area contributed by atoms with E-state index < -0.39 is 32.7 Å². The highest BCUT2D eigenvalue weighted by Crippen LogP contribution is 2.29. The fourth-order valence-corrected chi connectivity index (χ4v) is 3.65. The Bertz CT molecular complexity index is 1130. The number of hydrogen-bond acceptors (Lipinski definition) is 5. The summed E-state index contributed by atoms with van der Waals surface area (Å²) < 4.78 is 64.9. The quantitative estimate of drug-likeness (QED) is 0.502. The zero-order chi connectivity index (χ0) is 19.8. The van der Waals surface area contributed by atoms with Gasteiger partial charge in [0.2, 0.25) is 15.8 Å². The lowest BCUT2D eigenvalue weighted by Crippen LogP contribution is -2.15. The molecule has 0 bridgehead atoms. The van der Waals surface area contributed by atoms with Crippen LogP contribution in [0.15, 0.2) is 42.5 Å². The van der Waals surface area contributed by atoms with E-state index in [4.69, 9.17) is 0 Å². The van der Waals surface area contributed by atoms with Crippen molar-refractivity contribution in [3.05, 3.63) is 64.0 Å². The van der Waals surface area contributed by atoms with E-state index in [0.717, 1.165) is 6.07 Å². The Morgan fingerprint density at radius 3 is 2.56 bits per heavy atom. The van der Waals surface area contributed by atoms with Crippen LogP contribution in [0.4, 0.5) is 24.5 Å². The number of benzene rings is 2. The monoisotopic (exact) mass is 400 g/mol. The number of nitro benzene ring substituents is 1. The summed E-state index contributed by atoms with van der Waals surface area (Å²) in [4.78, 5) is 15.8. The van der Waals surface area contributed by atoms with Gasteiger partial charge in [-0.15, -0.1) is 0 Å². The van der Waals surface area contributed by atoms with Crippen LogP contribution in [-0.4, -0.2) is 23.3 Å². The van der Waals surface area contributed by atoms with E-state index in [0.29, 0.717) is 0 Å². The van der Waals surface area contributed by atoms with Crippen LogP contribution in [0.2, 0.25) is 0 Å². The van der Waals surface area contributed by atoms with Crippen LogP contribution in [0.5, 0.6) is 0 Å². The van der Waals surface area contributed by atoms with Crippen molar-refractivity contribution in [3.8, 4) is 0 Å². The number of imidazole rings is 1. The number of hydrogen-bond donors (Lipinski definition) is 2. The Morgan fingerprint density at radius 1 is 1.19 bits per heavy atom. The van der Waals surface area contributed by atoms with Gasteiger partial charge in [-0.05, 0) is 18.2 Å². The van der Waals surface area contributed by atoms with Crippen molar-refractivity contribution in [1.29, 1.82) is 0 Å². The lowest BCUT2D eigenvalue weighted by Gasteiger charge is -2.08. The first-order valence-corrected chi connectivity index (χ1v) is 9.00. The number of nitrogens with one attached hydrogen (secondary N) is 2. The van der Waals surface area contributed by atoms with Crippen molar-refractivity contribution in [2.45, 2.75) is 11.9 Å². The minimum atomic E-state index is -4.66. The summed E-state index contributed by atoms with van der Waals surface area (Å²) in [6, 6.07) is 9.00. The molecule has 0 saturated carbocycles. The van der Waals surface area contributed by atoms with E-state index in [9.17, 15) is 31.7 Å². The van der Waals surface area contributed by atoms with E-state index in [2.05, 4.69) is 14.7 Å². The number of fused-ring (bicyclic) bond motifs is 1. The molecule has 27 heavy (non-hydrogen) atoms. The molecule has 142 valence electrons. The zero-order valence-corrected chi connectivity index (χ0v) is 14.1. The second-order valence-corrected chi connectivity index (χ2v) is 7.28. The van der Waals surface area contributed by atoms with Crippen molar-refractivity contribution in [1.82, 2.24) is 9.97 Å². The first-order valence-electron chi connectivity index (χ1n) is 7.35. The average molecular weight is 400 g/mol. The molecule has 1 heterocycles. The maximum absolute atomic E-state index is 12.7. The minimum absolute atomic E-state index is 0.00143. The summed E-state index contributed by atoms with van der Waals surface area (Å²) in [5, 5.41) is 11.0. The minimum Gasteiger partial charge on any atom is -0.334 e. The van der Waals surface area contributed by atoms with E-state index in [1.165, 1.54) is 36.4 Å². The molecule has 2 aromatic carbocycles. The third kappa shape index (κ3) is 4.16. The van der Waals surface area contributed by atoms with Crippen molar-refractivity contribution >= 4 is 32.4 Å². The van der Waals surface area contributed by atoms with Crippen molar-refractivity contribution in [2.24, 2.45) is 0 Å². The van der Waals surface area contributed by atoms with Gasteiger partial charge in [0.25, 0.3) is 5.69 Å². The Morgan fingerprint density at radius 2 is 1.89 bits per heavy atom. The summed E-state index contributed by atoms with van der Waals surface area (Å²) in [6.07, 6.45) is -4.66. The lowest BCUT2D eigenvalue weighted by molar-refractivity contribution is -0.385. The standard InChI is InChI=1S/C15H11F3N4O4S/c16-15(17,18)14-19-11-6-5-10(7-12(11)20-14)21-27(25,26)8-9-3-1-2-4-13(9)22(23)24/h1-7,21H,8H2,(H,19,20). The van der Waals surface area contributed by atoms with Gasteiger partial charge in [0.05, 0.1) is 21.6 Å². The molecule has 0 aliphatic carbocycles. The normalized spacial score (nSPS) is 12.3. The summed E-state index contributed by atoms with van der Waals surface area (Å²) in [5.41, 5.74) is -0.352. The number of anilines is 1. The predicted octanol–water partition coefficient (Wildman–Crippen LogP) is 3.43. The fourth-order valence-electron chi connectivity index (χ4n) is 2.44. The van der Waals surface area contributed by atoms with Gasteiger partial charge in [0.1, 0.15) is 5.75 Å². The summed E-state index contributed by atoms with van der Waals surface area (Å²) in [7, 11) is -4.04. The van der Waals surface area contributed by atoms with Crippen molar-refractivity contribution < 1.29 is 26.5 Å². The van der Waals surface area contributed by atoms with Gasteiger partial charge in [-0.1, -0.05) is 18.2 Å². The van der Waals surface area contributed by atoms with Crippen LogP contribution >= 0.6 is 0 Å². The fraction of sp³-hybridized carbons (Fsp3) is 0.133. The molecule has 0 aliphatic rings. The van der Waals surface area contributed by atoms with E-state index in [-0.39, 0.29) is 28.0 Å². The molecular weight excluding hydrogens is 389 g/mol. The summed E-state index contributed by atoms with van der Waals surface area (Å²) in [5.74, 6) is -1.86. The van der Waals surface area contributed by atoms with E-state index in [1.807, 2.05) is 0 Å². The molecule has 0 aliphatic heterocycles. The molecule has 3 aromatic rings. The topological polar surface area (TPSA) is 118 Å². The smallest absolute Gasteiger partial charge is 0.334 e. The number of alkyl halides is 3. The van der Waals surface area contributed by atoms with Gasteiger partial charge < -0.3 is 4.98 Å². The van der Waals surface area contributed by atoms with Gasteiger partial charge >= 0.3 is 6.18 Å². The second-order valence-electron chi connectivity index (χ2n) is 5.56. The summed E-state index contributed by atoms with van der Waals surface area (Å²) in [6.45, 7) is 0. The number of nitro groups is 1. The SMILES string of the molecule is O=[N+]([O-])c1ccccc1CS(=O)(=O)Nc1ccc2nc(C(F)(F)F)[nH]c2c1. The van der Waals surface area contributed by atoms with Gasteiger partial charge in [-0.25, -0.2) is 13.4 Å². The number of rotatable bonds is 5. The molecule has 8 nitrogen and oxygen atoms in total. The van der Waals surface area contributed by atoms with Crippen LogP contribution in [0, 0.1) is 10.1 Å². The molecular formula is C15H11F3N4O4S. The Hall–Kier alpha value is -3.15. The molecule has 0 spiro atoms. The molecule has 0 fully saturated rings. The zero-order valence-electron chi connectivity index (χ0n) is 13.3. The maximum Gasteiger partial charge on any atom is 0.449 e. The molecule has 0 unspecified atom stereocenters. The second kappa shape index (κ2) is 6.54. The molecule has 0 saturated heterocycles. The first-order chi connectivity index (χ1) is 12.5. The number of H-pyrrole nitrogens is 1. The van der Waals surface area contributed by atoms with Gasteiger partial charge in [0, 0.05) is 11.6 Å². The lowest BCUT2D eigenvalue weighted by atomic mass is 10.2. The van der Waals surface area contributed by atoms with Crippen molar-refractivity contribution in [2.75, 3.05) is 4.72 Å². The van der Waals surface area contributed by atoms with Crippen LogP contribution in [0.3, 0.4) is 0 Å². The van der Waals surface area contributed by atoms with E-state index >= 15 is 0 Å². The Labute approximate surface area is 150 Å². The van der Waals surface area contributed by atoms with Gasteiger partial charge in [-0.3, -0.25) is 14.8 Å². The van der Waals surface area contributed by atoms with Crippen LogP contribution in [0.25, 0.3) is 11.0 Å². The first kappa shape index (κ1) is 18.6. The Kier molecular flexibility index (Phi) is 4.51. The van der Waals surface area contributed by atoms with E-state index in [1.54, 1.807) is 0 Å². The molecule has 0 amide bonds. The third-order valence-electron chi connectivity index (χ3n) is 3.56. The molecule has 1 aromatic heterocycles. The summed E-state index contributed by atoms with van der Waals surface area (Å²) >= 11 is 0. The highest BCUT2D eigenvalue weighted by molar-refractivity contribution is 7.91. The molecule has 2 N–H and O–H groups in total. The molecule has 0 atom stereocenters. The van der Waals surface area contributed by atoms with Crippen molar-refractivity contribution in [3.63, 3.8) is 0 Å².